The summed E-state index contributed by atoms with van der Waals surface area (Å²) >= 11 is 0. The van der Waals surface area contributed by atoms with E-state index < -0.39 is 0 Å². The van der Waals surface area contributed by atoms with E-state index in [4.69, 9.17) is 0 Å². The van der Waals surface area contributed by atoms with Gasteiger partial charge in [-0.1, -0.05) is 0 Å². The number of imidazole rings is 1. The maximum atomic E-state index is 11.5. The number of aryl methyl sites for hydroxylation is 2. The topological polar surface area (TPSA) is 43.0 Å². The van der Waals surface area contributed by atoms with Crippen LogP contribution in [0.5, 0.6) is 0 Å². The minimum atomic E-state index is 0.0961. The Bertz CT molecular complexity index is 421. The van der Waals surface area contributed by atoms with Crippen molar-refractivity contribution in [1.82, 2.24) is 4.57 Å². The van der Waals surface area contributed by atoms with E-state index in [0.29, 0.717) is 19.3 Å². The molecule has 4 heteroatoms. The van der Waals surface area contributed by atoms with Gasteiger partial charge in [-0.2, -0.15) is 0 Å². The van der Waals surface area contributed by atoms with E-state index in [1.165, 1.54) is 12.7 Å². The largest absolute Gasteiger partial charge is 0.300 e. The minimum Gasteiger partial charge on any atom is -0.300 e. The predicted molar refractivity (Wildman–Crippen MR) is 69.1 cm³/mol. The highest BCUT2D eigenvalue weighted by atomic mass is 16.1. The Balaban J connectivity index is 2.17. The summed E-state index contributed by atoms with van der Waals surface area (Å²) in [5, 5.41) is 0. The molecule has 0 radical (unpaired) electrons. The molecule has 0 unspecified atom stereocenters. The fourth-order valence-corrected chi connectivity index (χ4v) is 1.88. The van der Waals surface area contributed by atoms with Gasteiger partial charge in [0.25, 0.3) is 5.82 Å². The summed E-state index contributed by atoms with van der Waals surface area (Å²) in [5.74, 6) is 1.52. The predicted octanol–water partition coefficient (Wildman–Crippen LogP) is 1.73. The van der Waals surface area contributed by atoms with E-state index in [9.17, 15) is 9.59 Å². The highest BCUT2D eigenvalue weighted by Crippen LogP contribution is 2.02. The number of Topliss-reactive ketones (excluding diaryl/α,β-unsaturated/α-hetero) is 2. The fraction of sp³-hybridized carbons (Fsp3) is 0.643. The number of aromatic nitrogens is 2. The smallest absolute Gasteiger partial charge is 0.253 e. The zero-order valence-corrected chi connectivity index (χ0v) is 11.6. The molecule has 1 heterocycles. The summed E-state index contributed by atoms with van der Waals surface area (Å²) in [7, 11) is 2.02. The first-order chi connectivity index (χ1) is 8.50. The highest BCUT2D eigenvalue weighted by Gasteiger charge is 2.08. The normalized spacial score (nSPS) is 10.6. The summed E-state index contributed by atoms with van der Waals surface area (Å²) in [6.07, 6.45) is 7.40. The Kier molecular flexibility index (Phi) is 5.75. The molecule has 100 valence electrons. The molecule has 1 rings (SSSR count). The average Bonchev–Trinajstić information content (AvgIpc) is 2.63. The van der Waals surface area contributed by atoms with Gasteiger partial charge in [0.1, 0.15) is 24.0 Å². The average molecular weight is 251 g/mol. The zero-order chi connectivity index (χ0) is 13.5. The number of nitrogens with zero attached hydrogens (tertiary/aromatic N) is 2. The highest BCUT2D eigenvalue weighted by molar-refractivity contribution is 5.84. The van der Waals surface area contributed by atoms with E-state index in [0.717, 1.165) is 19.4 Å². The molecular weight excluding hydrogens is 228 g/mol. The van der Waals surface area contributed by atoms with Gasteiger partial charge in [-0.25, -0.2) is 9.13 Å². The Morgan fingerprint density at radius 1 is 1.22 bits per heavy atom. The van der Waals surface area contributed by atoms with Crippen LogP contribution in [0.3, 0.4) is 0 Å². The third-order valence-electron chi connectivity index (χ3n) is 3.26. The van der Waals surface area contributed by atoms with Crippen LogP contribution in [0.25, 0.3) is 0 Å². The standard InChI is InChI=1S/C14H23N2O2/c1-12(17)7-8-14(18)6-4-5-9-16-11-10-15(3)13(16)2/h10-11H,4-9H2,1-3H3/q+1. The first-order valence-electron chi connectivity index (χ1n) is 6.53. The Hall–Kier alpha value is -1.45. The van der Waals surface area contributed by atoms with E-state index >= 15 is 0 Å². The van der Waals surface area contributed by atoms with Crippen LogP contribution in [0.2, 0.25) is 0 Å². The molecule has 0 aliphatic carbocycles. The van der Waals surface area contributed by atoms with Crippen molar-refractivity contribution in [2.24, 2.45) is 7.05 Å². The second-order valence-corrected chi connectivity index (χ2v) is 4.85. The van der Waals surface area contributed by atoms with Crippen molar-refractivity contribution >= 4 is 11.6 Å². The Morgan fingerprint density at radius 2 is 1.94 bits per heavy atom. The lowest BCUT2D eigenvalue weighted by Gasteiger charge is -2.00. The van der Waals surface area contributed by atoms with E-state index in [-0.39, 0.29) is 11.6 Å². The number of unbranched alkanes of at least 4 members (excludes halogenated alkanes) is 1. The number of hydrogen-bond donors (Lipinski definition) is 0. The lowest BCUT2D eigenvalue weighted by Crippen LogP contribution is -2.35. The molecule has 0 saturated carbocycles. The van der Waals surface area contributed by atoms with Crippen LogP contribution < -0.4 is 4.57 Å². The van der Waals surface area contributed by atoms with Crippen molar-refractivity contribution < 1.29 is 14.2 Å². The van der Waals surface area contributed by atoms with Crippen molar-refractivity contribution in [2.75, 3.05) is 0 Å². The fourth-order valence-electron chi connectivity index (χ4n) is 1.88. The zero-order valence-electron chi connectivity index (χ0n) is 11.6. The van der Waals surface area contributed by atoms with Gasteiger partial charge in [0.2, 0.25) is 0 Å². The molecule has 0 amide bonds. The lowest BCUT2D eigenvalue weighted by atomic mass is 10.1. The SMILES string of the molecule is CC(=O)CCC(=O)CCCC[n+]1ccn(C)c1C. The Labute approximate surface area is 109 Å². The monoisotopic (exact) mass is 251 g/mol. The summed E-state index contributed by atoms with van der Waals surface area (Å²) in [6, 6.07) is 0. The third kappa shape index (κ3) is 4.82. The number of hydrogen-bond acceptors (Lipinski definition) is 2. The van der Waals surface area contributed by atoms with Gasteiger partial charge in [0.05, 0.1) is 13.6 Å². The van der Waals surface area contributed by atoms with Crippen LogP contribution in [0, 0.1) is 6.92 Å². The number of rotatable bonds is 8. The quantitative estimate of drug-likeness (QED) is 0.521. The second-order valence-electron chi connectivity index (χ2n) is 4.85. The molecule has 0 aliphatic rings. The molecule has 0 aromatic carbocycles. The molecule has 0 fully saturated rings. The van der Waals surface area contributed by atoms with Crippen LogP contribution in [0.1, 0.15) is 44.9 Å². The maximum absolute atomic E-state index is 11.5. The molecule has 0 saturated heterocycles. The summed E-state index contributed by atoms with van der Waals surface area (Å²) < 4.78 is 4.28. The van der Waals surface area contributed by atoms with Gasteiger partial charge in [0, 0.05) is 26.2 Å². The van der Waals surface area contributed by atoms with Crippen LogP contribution in [-0.2, 0) is 23.2 Å². The van der Waals surface area contributed by atoms with Crippen molar-refractivity contribution in [3.63, 3.8) is 0 Å². The minimum absolute atomic E-state index is 0.0961. The van der Waals surface area contributed by atoms with Crippen molar-refractivity contribution in [3.05, 3.63) is 18.2 Å². The molecule has 0 N–H and O–H groups in total. The van der Waals surface area contributed by atoms with Crippen LogP contribution >= 0.6 is 0 Å². The van der Waals surface area contributed by atoms with E-state index in [2.05, 4.69) is 22.3 Å². The second kappa shape index (κ2) is 7.09. The lowest BCUT2D eigenvalue weighted by molar-refractivity contribution is -0.702. The molecule has 0 atom stereocenters. The van der Waals surface area contributed by atoms with Crippen LogP contribution in [0.15, 0.2) is 12.4 Å². The molecule has 0 aliphatic heterocycles. The van der Waals surface area contributed by atoms with Gasteiger partial charge < -0.3 is 4.79 Å². The molecule has 4 nitrogen and oxygen atoms in total. The molecular formula is C14H23N2O2+. The van der Waals surface area contributed by atoms with Crippen molar-refractivity contribution in [2.45, 2.75) is 52.5 Å². The van der Waals surface area contributed by atoms with Gasteiger partial charge in [0.15, 0.2) is 0 Å². The van der Waals surface area contributed by atoms with Crippen LogP contribution in [-0.4, -0.2) is 16.1 Å². The van der Waals surface area contributed by atoms with Gasteiger partial charge in [-0.15, -0.1) is 0 Å². The van der Waals surface area contributed by atoms with E-state index in [1.807, 2.05) is 13.2 Å². The third-order valence-corrected chi connectivity index (χ3v) is 3.26. The van der Waals surface area contributed by atoms with E-state index in [1.54, 1.807) is 0 Å². The first-order valence-corrected chi connectivity index (χ1v) is 6.53. The summed E-state index contributed by atoms with van der Waals surface area (Å²) in [6.45, 7) is 4.56. The molecule has 0 spiro atoms. The first kappa shape index (κ1) is 14.6. The van der Waals surface area contributed by atoms with Crippen molar-refractivity contribution in [3.8, 4) is 0 Å². The molecule has 0 bridgehead atoms. The van der Waals surface area contributed by atoms with Crippen LogP contribution in [0.4, 0.5) is 0 Å². The molecule has 1 aromatic rings. The number of carbonyl (C=O) groups excluding carboxylic acids is 2. The van der Waals surface area contributed by atoms with Gasteiger partial charge in [-0.3, -0.25) is 4.79 Å². The maximum Gasteiger partial charge on any atom is 0.253 e. The number of ketones is 2. The number of carbonyl (C=O) groups is 2. The summed E-state index contributed by atoms with van der Waals surface area (Å²) in [5.41, 5.74) is 0. The molecule has 18 heavy (non-hydrogen) atoms. The van der Waals surface area contributed by atoms with Gasteiger partial charge in [-0.05, 0) is 19.8 Å². The summed E-state index contributed by atoms with van der Waals surface area (Å²) in [4.78, 5) is 22.2. The Morgan fingerprint density at radius 3 is 2.50 bits per heavy atom. The molecule has 1 aromatic heterocycles. The van der Waals surface area contributed by atoms with Gasteiger partial charge >= 0.3 is 0 Å². The van der Waals surface area contributed by atoms with Crippen molar-refractivity contribution in [1.29, 1.82) is 0 Å².